The van der Waals surface area contributed by atoms with Crippen molar-refractivity contribution in [2.24, 2.45) is 0 Å². The molecule has 3 heteroatoms. The Morgan fingerprint density at radius 1 is 1.67 bits per heavy atom. The standard InChI is InChI=1S/C6H6N2O/c1-5-4-9-6-2-3-7-8(5)6/h2-4H,1H3. The van der Waals surface area contributed by atoms with Gasteiger partial charge in [-0.15, -0.1) is 0 Å². The van der Waals surface area contributed by atoms with Gasteiger partial charge in [-0.1, -0.05) is 0 Å². The second kappa shape index (κ2) is 1.37. The van der Waals surface area contributed by atoms with Gasteiger partial charge in [0.1, 0.15) is 6.26 Å². The number of oxazole rings is 1. The summed E-state index contributed by atoms with van der Waals surface area (Å²) in [5.74, 6) is 0. The quantitative estimate of drug-likeness (QED) is 0.526. The first kappa shape index (κ1) is 4.61. The molecule has 0 aliphatic carbocycles. The van der Waals surface area contributed by atoms with Crippen LogP contribution in [0.1, 0.15) is 5.69 Å². The number of hydrogen-bond acceptors (Lipinski definition) is 2. The topological polar surface area (TPSA) is 30.4 Å². The van der Waals surface area contributed by atoms with Crippen LogP contribution >= 0.6 is 0 Å². The van der Waals surface area contributed by atoms with E-state index in [-0.39, 0.29) is 0 Å². The van der Waals surface area contributed by atoms with E-state index in [1.807, 2.05) is 13.0 Å². The minimum Gasteiger partial charge on any atom is -0.445 e. The van der Waals surface area contributed by atoms with Gasteiger partial charge < -0.3 is 4.42 Å². The third-order valence-electron chi connectivity index (χ3n) is 1.29. The predicted molar refractivity (Wildman–Crippen MR) is 32.2 cm³/mol. The Hall–Kier alpha value is -1.25. The first-order chi connectivity index (χ1) is 4.38. The maximum Gasteiger partial charge on any atom is 0.221 e. The lowest BCUT2D eigenvalue weighted by atomic mass is 10.6. The Morgan fingerprint density at radius 2 is 2.56 bits per heavy atom. The predicted octanol–water partition coefficient (Wildman–Crippen LogP) is 1.24. The molecule has 0 fully saturated rings. The number of aromatic nitrogens is 2. The van der Waals surface area contributed by atoms with Crippen molar-refractivity contribution in [2.75, 3.05) is 0 Å². The average Bonchev–Trinajstić information content (AvgIpc) is 2.35. The Morgan fingerprint density at radius 3 is 3.33 bits per heavy atom. The molecule has 2 heterocycles. The summed E-state index contributed by atoms with van der Waals surface area (Å²) in [5.41, 5.74) is 1.82. The summed E-state index contributed by atoms with van der Waals surface area (Å²) in [4.78, 5) is 0. The van der Waals surface area contributed by atoms with E-state index in [4.69, 9.17) is 4.42 Å². The molecule has 0 atom stereocenters. The van der Waals surface area contributed by atoms with Crippen LogP contribution < -0.4 is 0 Å². The highest BCUT2D eigenvalue weighted by Gasteiger charge is 1.97. The molecular weight excluding hydrogens is 116 g/mol. The lowest BCUT2D eigenvalue weighted by Gasteiger charge is -1.79. The Labute approximate surface area is 51.9 Å². The first-order valence-corrected chi connectivity index (χ1v) is 2.76. The summed E-state index contributed by atoms with van der Waals surface area (Å²) in [7, 11) is 0. The smallest absolute Gasteiger partial charge is 0.221 e. The molecule has 0 aliphatic heterocycles. The highest BCUT2D eigenvalue weighted by Crippen LogP contribution is 2.05. The molecule has 46 valence electrons. The van der Waals surface area contributed by atoms with E-state index in [0.717, 1.165) is 11.4 Å². The zero-order chi connectivity index (χ0) is 6.27. The normalized spacial score (nSPS) is 10.8. The molecule has 0 spiro atoms. The van der Waals surface area contributed by atoms with Gasteiger partial charge in [0.2, 0.25) is 5.71 Å². The van der Waals surface area contributed by atoms with Gasteiger partial charge in [0.15, 0.2) is 0 Å². The molecule has 2 rings (SSSR count). The van der Waals surface area contributed by atoms with Gasteiger partial charge in [-0.2, -0.15) is 5.10 Å². The van der Waals surface area contributed by atoms with Gasteiger partial charge in [-0.25, -0.2) is 4.52 Å². The number of hydrogen-bond donors (Lipinski definition) is 0. The van der Waals surface area contributed by atoms with Crippen LogP contribution in [0, 0.1) is 6.92 Å². The highest BCUT2D eigenvalue weighted by molar-refractivity contribution is 5.32. The largest absolute Gasteiger partial charge is 0.445 e. The Bertz CT molecular complexity index is 320. The second-order valence-corrected chi connectivity index (χ2v) is 1.96. The van der Waals surface area contributed by atoms with Crippen LogP contribution in [0.5, 0.6) is 0 Å². The molecule has 0 saturated carbocycles. The fourth-order valence-electron chi connectivity index (χ4n) is 0.841. The van der Waals surface area contributed by atoms with E-state index in [2.05, 4.69) is 5.10 Å². The molecule has 0 saturated heterocycles. The van der Waals surface area contributed by atoms with Crippen LogP contribution in [-0.4, -0.2) is 9.61 Å². The summed E-state index contributed by atoms with van der Waals surface area (Å²) in [5, 5.41) is 4.00. The molecule has 3 nitrogen and oxygen atoms in total. The highest BCUT2D eigenvalue weighted by atomic mass is 16.3. The molecule has 0 aliphatic rings. The fraction of sp³-hybridized carbons (Fsp3) is 0.167. The van der Waals surface area contributed by atoms with Gasteiger partial charge >= 0.3 is 0 Å². The SMILES string of the molecule is Cc1coc2ccnn12. The van der Waals surface area contributed by atoms with E-state index in [9.17, 15) is 0 Å². The zero-order valence-corrected chi connectivity index (χ0v) is 5.03. The molecule has 9 heavy (non-hydrogen) atoms. The molecule has 0 bridgehead atoms. The monoisotopic (exact) mass is 122 g/mol. The first-order valence-electron chi connectivity index (χ1n) is 2.76. The van der Waals surface area contributed by atoms with Gasteiger partial charge in [-0.3, -0.25) is 0 Å². The van der Waals surface area contributed by atoms with Crippen LogP contribution in [0.25, 0.3) is 5.71 Å². The molecular formula is C6H6N2O. The van der Waals surface area contributed by atoms with E-state index < -0.39 is 0 Å². The zero-order valence-electron chi connectivity index (χ0n) is 5.03. The van der Waals surface area contributed by atoms with Crippen molar-refractivity contribution in [1.82, 2.24) is 9.61 Å². The van der Waals surface area contributed by atoms with Crippen LogP contribution in [0.3, 0.4) is 0 Å². The molecule has 0 radical (unpaired) electrons. The number of aryl methyl sites for hydroxylation is 1. The summed E-state index contributed by atoms with van der Waals surface area (Å²) >= 11 is 0. The summed E-state index contributed by atoms with van der Waals surface area (Å²) in [6.07, 6.45) is 3.40. The third-order valence-corrected chi connectivity index (χ3v) is 1.29. The third kappa shape index (κ3) is 0.483. The average molecular weight is 122 g/mol. The maximum atomic E-state index is 5.09. The van der Waals surface area contributed by atoms with Crippen molar-refractivity contribution in [3.63, 3.8) is 0 Å². The lowest BCUT2D eigenvalue weighted by Crippen LogP contribution is -1.82. The van der Waals surface area contributed by atoms with Crippen LogP contribution in [-0.2, 0) is 0 Å². The maximum absolute atomic E-state index is 5.09. The van der Waals surface area contributed by atoms with Gasteiger partial charge in [0.25, 0.3) is 0 Å². The van der Waals surface area contributed by atoms with Crippen LogP contribution in [0.4, 0.5) is 0 Å². The lowest BCUT2D eigenvalue weighted by molar-refractivity contribution is 0.605. The minimum atomic E-state index is 0.799. The van der Waals surface area contributed by atoms with Crippen molar-refractivity contribution in [1.29, 1.82) is 0 Å². The van der Waals surface area contributed by atoms with E-state index >= 15 is 0 Å². The van der Waals surface area contributed by atoms with E-state index in [1.165, 1.54) is 0 Å². The number of rotatable bonds is 0. The van der Waals surface area contributed by atoms with E-state index in [1.54, 1.807) is 17.0 Å². The van der Waals surface area contributed by atoms with E-state index in [0.29, 0.717) is 0 Å². The van der Waals surface area contributed by atoms with Crippen molar-refractivity contribution in [3.05, 3.63) is 24.2 Å². The molecule has 0 aromatic carbocycles. The summed E-state index contributed by atoms with van der Waals surface area (Å²) in [6, 6.07) is 1.83. The minimum absolute atomic E-state index is 0.799. The van der Waals surface area contributed by atoms with Gasteiger partial charge in [0.05, 0.1) is 11.9 Å². The second-order valence-electron chi connectivity index (χ2n) is 1.96. The fourth-order valence-corrected chi connectivity index (χ4v) is 0.841. The molecule has 2 aromatic rings. The van der Waals surface area contributed by atoms with Crippen LogP contribution in [0.15, 0.2) is 22.9 Å². The Balaban J connectivity index is 2.99. The van der Waals surface area contributed by atoms with Crippen molar-refractivity contribution in [3.8, 4) is 0 Å². The molecule has 2 aromatic heterocycles. The van der Waals surface area contributed by atoms with Gasteiger partial charge in [0, 0.05) is 6.07 Å². The molecule has 0 unspecified atom stereocenters. The van der Waals surface area contributed by atoms with Gasteiger partial charge in [-0.05, 0) is 6.92 Å². The number of fused-ring (bicyclic) bond motifs is 1. The summed E-state index contributed by atoms with van der Waals surface area (Å²) < 4.78 is 6.84. The van der Waals surface area contributed by atoms with Crippen molar-refractivity contribution in [2.45, 2.75) is 6.92 Å². The molecule has 0 N–H and O–H groups in total. The molecule has 0 amide bonds. The van der Waals surface area contributed by atoms with Crippen LogP contribution in [0.2, 0.25) is 0 Å². The van der Waals surface area contributed by atoms with Crippen molar-refractivity contribution < 1.29 is 4.42 Å². The Kier molecular flexibility index (Phi) is 0.704. The van der Waals surface area contributed by atoms with Crippen molar-refractivity contribution >= 4 is 5.71 Å². The summed E-state index contributed by atoms with van der Waals surface area (Å²) in [6.45, 7) is 1.95. The number of nitrogens with zero attached hydrogens (tertiary/aromatic N) is 2.